The predicted octanol–water partition coefficient (Wildman–Crippen LogP) is 6.33. The van der Waals surface area contributed by atoms with E-state index in [1.54, 1.807) is 30.3 Å². The highest BCUT2D eigenvalue weighted by atomic mass is 16.3. The van der Waals surface area contributed by atoms with E-state index in [4.69, 9.17) is 4.42 Å². The Morgan fingerprint density at radius 1 is 0.758 bits per heavy atom. The Balaban J connectivity index is 1.39. The molecule has 5 heteroatoms. The van der Waals surface area contributed by atoms with Gasteiger partial charge in [0.25, 0.3) is 11.8 Å². The number of fused-ring (bicyclic) bond motifs is 3. The third-order valence-corrected chi connectivity index (χ3v) is 5.72. The Labute approximate surface area is 191 Å². The zero-order chi connectivity index (χ0) is 22.8. The summed E-state index contributed by atoms with van der Waals surface area (Å²) >= 11 is 0. The molecule has 5 nitrogen and oxygen atoms in total. The van der Waals surface area contributed by atoms with Crippen LogP contribution in [0.5, 0.6) is 0 Å². The largest absolute Gasteiger partial charge is 0.451 e. The minimum atomic E-state index is -0.411. The topological polar surface area (TPSA) is 71.3 Å². The van der Waals surface area contributed by atoms with Gasteiger partial charge in [0, 0.05) is 5.39 Å². The lowest BCUT2D eigenvalue weighted by atomic mass is 10.1. The summed E-state index contributed by atoms with van der Waals surface area (Å²) in [7, 11) is 0. The molecular weight excluding hydrogens is 412 g/mol. The molecule has 0 spiro atoms. The van der Waals surface area contributed by atoms with E-state index in [1.165, 1.54) is 0 Å². The van der Waals surface area contributed by atoms with Crippen LogP contribution in [0.25, 0.3) is 21.7 Å². The Kier molecular flexibility index (Phi) is 5.37. The van der Waals surface area contributed by atoms with Crippen molar-refractivity contribution < 1.29 is 14.0 Å². The van der Waals surface area contributed by atoms with Crippen molar-refractivity contribution >= 4 is 39.2 Å². The van der Waals surface area contributed by atoms with Gasteiger partial charge in [-0.3, -0.25) is 9.59 Å². The first-order chi connectivity index (χ1) is 16.1. The lowest BCUT2D eigenvalue weighted by Crippen LogP contribution is -2.28. The van der Waals surface area contributed by atoms with E-state index in [1.807, 2.05) is 73.7 Å². The Bertz CT molecular complexity index is 1470. The fourth-order valence-corrected chi connectivity index (χ4v) is 3.98. The molecule has 0 aliphatic carbocycles. The number of hydrogen-bond acceptors (Lipinski definition) is 3. The molecule has 33 heavy (non-hydrogen) atoms. The van der Waals surface area contributed by atoms with Gasteiger partial charge in [-0.2, -0.15) is 0 Å². The molecule has 0 saturated heterocycles. The highest BCUT2D eigenvalue weighted by Gasteiger charge is 2.19. The maximum absolute atomic E-state index is 13.0. The average molecular weight is 434 g/mol. The number of hydrogen-bond donors (Lipinski definition) is 2. The monoisotopic (exact) mass is 434 g/mol. The second-order valence-corrected chi connectivity index (χ2v) is 7.91. The van der Waals surface area contributed by atoms with Gasteiger partial charge in [0.2, 0.25) is 0 Å². The molecule has 0 bridgehead atoms. The zero-order valence-electron chi connectivity index (χ0n) is 18.0. The maximum Gasteiger partial charge on any atom is 0.291 e. The molecule has 5 aromatic rings. The molecular formula is C28H22N2O3. The first kappa shape index (κ1) is 20.5. The van der Waals surface area contributed by atoms with E-state index >= 15 is 0 Å². The van der Waals surface area contributed by atoms with Crippen LogP contribution in [0.2, 0.25) is 0 Å². The third kappa shape index (κ3) is 4.08. The molecule has 1 atom stereocenters. The van der Waals surface area contributed by atoms with Crippen LogP contribution in [0.4, 0.5) is 5.69 Å². The molecule has 0 saturated carbocycles. The van der Waals surface area contributed by atoms with Crippen LogP contribution in [-0.4, -0.2) is 11.8 Å². The van der Waals surface area contributed by atoms with Crippen LogP contribution in [-0.2, 0) is 0 Å². The van der Waals surface area contributed by atoms with Gasteiger partial charge >= 0.3 is 0 Å². The predicted molar refractivity (Wildman–Crippen MR) is 130 cm³/mol. The number of carbonyl (C=O) groups is 2. The number of para-hydroxylation sites is 1. The van der Waals surface area contributed by atoms with Gasteiger partial charge in [-0.1, -0.05) is 72.8 Å². The standard InChI is InChI=1S/C28H22N2O3/c1-18(19-9-3-2-4-10-19)29-27(31)22-13-7-8-14-24(22)30-28(32)26-17-23-21-12-6-5-11-20(21)15-16-25(23)33-26/h2-18H,1H3,(H,29,31)(H,30,32)/t18-/m1/s1. The van der Waals surface area contributed by atoms with Gasteiger partial charge in [0.15, 0.2) is 5.76 Å². The number of carbonyl (C=O) groups excluding carboxylic acids is 2. The zero-order valence-corrected chi connectivity index (χ0v) is 18.0. The minimum absolute atomic E-state index is 0.175. The Hall–Kier alpha value is -4.38. The van der Waals surface area contributed by atoms with Gasteiger partial charge in [-0.15, -0.1) is 0 Å². The van der Waals surface area contributed by atoms with Crippen molar-refractivity contribution in [1.82, 2.24) is 5.32 Å². The van der Waals surface area contributed by atoms with Crippen molar-refractivity contribution in [3.05, 3.63) is 114 Å². The molecule has 0 radical (unpaired) electrons. The summed E-state index contributed by atoms with van der Waals surface area (Å²) in [6.45, 7) is 1.92. The van der Waals surface area contributed by atoms with E-state index in [0.29, 0.717) is 16.8 Å². The highest BCUT2D eigenvalue weighted by molar-refractivity contribution is 6.12. The lowest BCUT2D eigenvalue weighted by Gasteiger charge is -2.16. The van der Waals surface area contributed by atoms with Gasteiger partial charge in [0.05, 0.1) is 17.3 Å². The second kappa shape index (κ2) is 8.63. The summed E-state index contributed by atoms with van der Waals surface area (Å²) in [6, 6.07) is 30.0. The van der Waals surface area contributed by atoms with Crippen LogP contribution in [0.1, 0.15) is 39.4 Å². The van der Waals surface area contributed by atoms with E-state index in [-0.39, 0.29) is 17.7 Å². The van der Waals surface area contributed by atoms with Gasteiger partial charge in [-0.05, 0) is 47.5 Å². The molecule has 4 aromatic carbocycles. The molecule has 2 amide bonds. The van der Waals surface area contributed by atoms with Crippen LogP contribution in [0.15, 0.2) is 101 Å². The first-order valence-corrected chi connectivity index (χ1v) is 10.8. The first-order valence-electron chi connectivity index (χ1n) is 10.8. The smallest absolute Gasteiger partial charge is 0.291 e. The van der Waals surface area contributed by atoms with Crippen LogP contribution in [0.3, 0.4) is 0 Å². The van der Waals surface area contributed by atoms with Crippen molar-refractivity contribution in [1.29, 1.82) is 0 Å². The summed E-state index contributed by atoms with van der Waals surface area (Å²) < 4.78 is 5.82. The van der Waals surface area contributed by atoms with E-state index in [2.05, 4.69) is 10.6 Å². The second-order valence-electron chi connectivity index (χ2n) is 7.91. The fourth-order valence-electron chi connectivity index (χ4n) is 3.98. The SMILES string of the molecule is C[C@@H](NC(=O)c1ccccc1NC(=O)c1cc2c(ccc3ccccc32)o1)c1ccccc1. The molecule has 0 fully saturated rings. The molecule has 1 heterocycles. The van der Waals surface area contributed by atoms with E-state index in [9.17, 15) is 9.59 Å². The van der Waals surface area contributed by atoms with Crippen LogP contribution in [0, 0.1) is 0 Å². The molecule has 1 aromatic heterocycles. The quantitative estimate of drug-likeness (QED) is 0.340. The fraction of sp³-hybridized carbons (Fsp3) is 0.0714. The number of anilines is 1. The maximum atomic E-state index is 13.0. The third-order valence-electron chi connectivity index (χ3n) is 5.72. The van der Waals surface area contributed by atoms with E-state index < -0.39 is 5.91 Å². The summed E-state index contributed by atoms with van der Waals surface area (Å²) in [5, 5.41) is 8.80. The number of benzene rings is 4. The summed E-state index contributed by atoms with van der Waals surface area (Å²) in [6.07, 6.45) is 0. The summed E-state index contributed by atoms with van der Waals surface area (Å²) in [5.41, 5.74) is 2.45. The van der Waals surface area contributed by atoms with Crippen molar-refractivity contribution in [2.24, 2.45) is 0 Å². The van der Waals surface area contributed by atoms with Crippen molar-refractivity contribution in [2.45, 2.75) is 13.0 Å². The molecule has 0 aliphatic heterocycles. The average Bonchev–Trinajstić information content (AvgIpc) is 3.30. The van der Waals surface area contributed by atoms with Crippen molar-refractivity contribution in [3.63, 3.8) is 0 Å². The Morgan fingerprint density at radius 3 is 2.33 bits per heavy atom. The van der Waals surface area contributed by atoms with Gasteiger partial charge < -0.3 is 15.1 Å². The minimum Gasteiger partial charge on any atom is -0.451 e. The van der Waals surface area contributed by atoms with Gasteiger partial charge in [-0.25, -0.2) is 0 Å². The normalized spacial score (nSPS) is 11.9. The van der Waals surface area contributed by atoms with Crippen molar-refractivity contribution in [2.75, 3.05) is 5.32 Å². The van der Waals surface area contributed by atoms with E-state index in [0.717, 1.165) is 21.7 Å². The van der Waals surface area contributed by atoms with Crippen LogP contribution >= 0.6 is 0 Å². The molecule has 0 unspecified atom stereocenters. The number of amides is 2. The Morgan fingerprint density at radius 2 is 1.48 bits per heavy atom. The van der Waals surface area contributed by atoms with Gasteiger partial charge in [0.1, 0.15) is 5.58 Å². The molecule has 0 aliphatic rings. The molecule has 162 valence electrons. The summed E-state index contributed by atoms with van der Waals surface area (Å²) in [4.78, 5) is 26.0. The highest BCUT2D eigenvalue weighted by Crippen LogP contribution is 2.29. The number of furan rings is 1. The summed E-state index contributed by atoms with van der Waals surface area (Å²) in [5.74, 6) is -0.487. The lowest BCUT2D eigenvalue weighted by molar-refractivity contribution is 0.0940. The molecule has 2 N–H and O–H groups in total. The van der Waals surface area contributed by atoms with Crippen LogP contribution < -0.4 is 10.6 Å². The molecule has 5 rings (SSSR count). The number of nitrogens with one attached hydrogen (secondary N) is 2. The number of rotatable bonds is 5. The van der Waals surface area contributed by atoms with Crippen molar-refractivity contribution in [3.8, 4) is 0 Å².